The van der Waals surface area contributed by atoms with Crippen LogP contribution >= 0.6 is 0 Å². The summed E-state index contributed by atoms with van der Waals surface area (Å²) in [5, 5.41) is 4.80. The van der Waals surface area contributed by atoms with Gasteiger partial charge in [0, 0.05) is 10.8 Å². The van der Waals surface area contributed by atoms with Crippen molar-refractivity contribution in [1.29, 1.82) is 0 Å². The molecule has 104 valence electrons. The highest BCUT2D eigenvalue weighted by molar-refractivity contribution is 5.53. The predicted octanol–water partition coefficient (Wildman–Crippen LogP) is 3.94. The van der Waals surface area contributed by atoms with Gasteiger partial charge in [-0.25, -0.2) is 9.50 Å². The van der Waals surface area contributed by atoms with Gasteiger partial charge in [-0.1, -0.05) is 41.5 Å². The van der Waals surface area contributed by atoms with E-state index in [0.29, 0.717) is 0 Å². The zero-order valence-electron chi connectivity index (χ0n) is 13.4. The predicted molar refractivity (Wildman–Crippen MR) is 79.9 cm³/mol. The molecule has 0 spiro atoms. The zero-order valence-corrected chi connectivity index (χ0v) is 13.4. The van der Waals surface area contributed by atoms with Crippen molar-refractivity contribution in [3.05, 3.63) is 28.7 Å². The minimum atomic E-state index is 0.0508. The molecule has 0 atom stereocenters. The van der Waals surface area contributed by atoms with E-state index in [2.05, 4.69) is 61.6 Å². The molecule has 0 unspecified atom stereocenters. The van der Waals surface area contributed by atoms with E-state index in [0.717, 1.165) is 17.0 Å². The van der Waals surface area contributed by atoms with Gasteiger partial charge >= 0.3 is 0 Å². The molecule has 3 heteroatoms. The van der Waals surface area contributed by atoms with E-state index in [1.807, 2.05) is 4.52 Å². The highest BCUT2D eigenvalue weighted by atomic mass is 15.3. The summed E-state index contributed by atoms with van der Waals surface area (Å²) in [5.74, 6) is 0. The van der Waals surface area contributed by atoms with Gasteiger partial charge in [-0.15, -0.1) is 0 Å². The Labute approximate surface area is 116 Å². The number of hydrogen-bond donors (Lipinski definition) is 0. The van der Waals surface area contributed by atoms with Gasteiger partial charge in [0.25, 0.3) is 0 Å². The number of aromatic nitrogens is 3. The molecule has 0 fully saturated rings. The van der Waals surface area contributed by atoms with Gasteiger partial charge in [0.2, 0.25) is 0 Å². The molecule has 2 aromatic rings. The molecule has 0 amide bonds. The van der Waals surface area contributed by atoms with E-state index in [-0.39, 0.29) is 10.8 Å². The normalized spacial score (nSPS) is 13.3. The van der Waals surface area contributed by atoms with Gasteiger partial charge in [0.15, 0.2) is 5.65 Å². The SMILES string of the molecule is Cc1c(C(C)(C)C)nn2cc(C(C)(C)C)nc2c1C. The van der Waals surface area contributed by atoms with Crippen LogP contribution in [-0.2, 0) is 10.8 Å². The average molecular weight is 259 g/mol. The molecule has 3 nitrogen and oxygen atoms in total. The largest absolute Gasteiger partial charge is 0.231 e. The third kappa shape index (κ3) is 2.38. The van der Waals surface area contributed by atoms with Crippen molar-refractivity contribution in [2.45, 2.75) is 66.2 Å². The summed E-state index contributed by atoms with van der Waals surface area (Å²) in [6, 6.07) is 0. The second-order valence-corrected chi connectivity index (χ2v) is 7.49. The van der Waals surface area contributed by atoms with Crippen LogP contribution in [0, 0.1) is 13.8 Å². The molecule has 0 bridgehead atoms. The van der Waals surface area contributed by atoms with E-state index in [9.17, 15) is 0 Å². The first-order valence-electron chi connectivity index (χ1n) is 6.89. The quantitative estimate of drug-likeness (QED) is 0.717. The maximum Gasteiger partial charge on any atom is 0.156 e. The number of rotatable bonds is 0. The molecule has 0 aromatic carbocycles. The molecule has 0 aliphatic rings. The van der Waals surface area contributed by atoms with Crippen LogP contribution in [0.5, 0.6) is 0 Å². The fourth-order valence-electron chi connectivity index (χ4n) is 2.30. The second-order valence-electron chi connectivity index (χ2n) is 7.49. The fourth-order valence-corrected chi connectivity index (χ4v) is 2.30. The molecule has 2 rings (SSSR count). The van der Waals surface area contributed by atoms with Crippen LogP contribution in [0.25, 0.3) is 5.65 Å². The Bertz CT molecular complexity index is 622. The van der Waals surface area contributed by atoms with Crippen LogP contribution in [0.1, 0.15) is 64.1 Å². The van der Waals surface area contributed by atoms with Crippen molar-refractivity contribution in [3.8, 4) is 0 Å². The topological polar surface area (TPSA) is 30.2 Å². The lowest BCUT2D eigenvalue weighted by atomic mass is 9.88. The van der Waals surface area contributed by atoms with E-state index in [1.54, 1.807) is 0 Å². The van der Waals surface area contributed by atoms with Gasteiger partial charge in [0.05, 0.1) is 17.6 Å². The Balaban J connectivity index is 2.77. The maximum atomic E-state index is 4.80. The van der Waals surface area contributed by atoms with Crippen LogP contribution in [0.4, 0.5) is 0 Å². The average Bonchev–Trinajstić information content (AvgIpc) is 2.65. The highest BCUT2D eigenvalue weighted by Crippen LogP contribution is 2.28. The lowest BCUT2D eigenvalue weighted by Crippen LogP contribution is -2.18. The summed E-state index contributed by atoms with van der Waals surface area (Å²) < 4.78 is 1.95. The fraction of sp³-hybridized carbons (Fsp3) is 0.625. The van der Waals surface area contributed by atoms with Crippen LogP contribution in [0.2, 0.25) is 0 Å². The molecule has 0 saturated heterocycles. The van der Waals surface area contributed by atoms with Gasteiger partial charge < -0.3 is 0 Å². The smallest absolute Gasteiger partial charge is 0.156 e. The number of nitrogens with zero attached hydrogens (tertiary/aromatic N) is 3. The summed E-state index contributed by atoms with van der Waals surface area (Å²) >= 11 is 0. The first-order chi connectivity index (χ1) is 8.51. The monoisotopic (exact) mass is 259 g/mol. The number of aryl methyl sites for hydroxylation is 1. The Hall–Kier alpha value is -1.38. The number of hydrogen-bond acceptors (Lipinski definition) is 2. The van der Waals surface area contributed by atoms with Crippen molar-refractivity contribution >= 4 is 5.65 Å². The molecule has 19 heavy (non-hydrogen) atoms. The Morgan fingerprint density at radius 1 is 0.895 bits per heavy atom. The summed E-state index contributed by atoms with van der Waals surface area (Å²) in [6.45, 7) is 17.4. The third-order valence-corrected chi connectivity index (χ3v) is 3.63. The molecule has 0 N–H and O–H groups in total. The molecule has 0 saturated carbocycles. The Morgan fingerprint density at radius 2 is 1.47 bits per heavy atom. The van der Waals surface area contributed by atoms with E-state index >= 15 is 0 Å². The zero-order chi connectivity index (χ0) is 14.6. The number of fused-ring (bicyclic) bond motifs is 1. The van der Waals surface area contributed by atoms with Crippen molar-refractivity contribution in [2.24, 2.45) is 0 Å². The molecule has 0 aliphatic heterocycles. The summed E-state index contributed by atoms with van der Waals surface area (Å²) in [6.07, 6.45) is 2.07. The molecule has 0 radical (unpaired) electrons. The molecule has 0 aliphatic carbocycles. The first-order valence-corrected chi connectivity index (χ1v) is 6.89. The van der Waals surface area contributed by atoms with Gasteiger partial charge in [-0.05, 0) is 25.0 Å². The molecular weight excluding hydrogens is 234 g/mol. The van der Waals surface area contributed by atoms with Crippen molar-refractivity contribution in [3.63, 3.8) is 0 Å². The van der Waals surface area contributed by atoms with Crippen molar-refractivity contribution in [1.82, 2.24) is 14.6 Å². The van der Waals surface area contributed by atoms with E-state index in [4.69, 9.17) is 10.1 Å². The van der Waals surface area contributed by atoms with E-state index in [1.165, 1.54) is 11.1 Å². The van der Waals surface area contributed by atoms with Crippen molar-refractivity contribution < 1.29 is 0 Å². The Kier molecular flexibility index (Phi) is 3.00. The molecule has 2 heterocycles. The Morgan fingerprint density at radius 3 is 1.95 bits per heavy atom. The summed E-state index contributed by atoms with van der Waals surface area (Å²) in [4.78, 5) is 4.77. The molecular formula is C16H25N3. The lowest BCUT2D eigenvalue weighted by molar-refractivity contribution is 0.547. The van der Waals surface area contributed by atoms with E-state index < -0.39 is 0 Å². The highest BCUT2D eigenvalue weighted by Gasteiger charge is 2.24. The third-order valence-electron chi connectivity index (χ3n) is 3.63. The minimum absolute atomic E-state index is 0.0508. The second kappa shape index (κ2) is 4.06. The van der Waals surface area contributed by atoms with Crippen LogP contribution < -0.4 is 0 Å². The van der Waals surface area contributed by atoms with Gasteiger partial charge in [-0.3, -0.25) is 0 Å². The van der Waals surface area contributed by atoms with Crippen LogP contribution in [0.15, 0.2) is 6.20 Å². The first kappa shape index (κ1) is 14.0. The summed E-state index contributed by atoms with van der Waals surface area (Å²) in [7, 11) is 0. The lowest BCUT2D eigenvalue weighted by Gasteiger charge is -2.21. The van der Waals surface area contributed by atoms with Gasteiger partial charge in [0.1, 0.15) is 0 Å². The van der Waals surface area contributed by atoms with Crippen molar-refractivity contribution in [2.75, 3.05) is 0 Å². The minimum Gasteiger partial charge on any atom is -0.231 e. The van der Waals surface area contributed by atoms with Crippen LogP contribution in [-0.4, -0.2) is 14.6 Å². The van der Waals surface area contributed by atoms with Crippen LogP contribution in [0.3, 0.4) is 0 Å². The standard InChI is InChI=1S/C16H25N3/c1-10-11(2)14-17-12(15(3,4)5)9-19(14)18-13(10)16(6,7)8/h9H,1-8H3. The molecule has 2 aromatic heterocycles. The summed E-state index contributed by atoms with van der Waals surface area (Å²) in [5.41, 5.74) is 5.81. The maximum absolute atomic E-state index is 4.80. The van der Waals surface area contributed by atoms with Gasteiger partial charge in [-0.2, -0.15) is 5.10 Å². The number of imidazole rings is 1.